The average molecular weight is 456 g/mol. The predicted octanol–water partition coefficient (Wildman–Crippen LogP) is 4.98. The Bertz CT molecular complexity index is 1130. The van der Waals surface area contributed by atoms with Gasteiger partial charge in [-0.1, -0.05) is 41.9 Å². The lowest BCUT2D eigenvalue weighted by atomic mass is 10.1. The number of hydrogen-bond acceptors (Lipinski definition) is 6. The summed E-state index contributed by atoms with van der Waals surface area (Å²) >= 11 is 7.18. The van der Waals surface area contributed by atoms with Crippen molar-refractivity contribution in [3.8, 4) is 0 Å². The maximum atomic E-state index is 14.7. The van der Waals surface area contributed by atoms with E-state index in [1.54, 1.807) is 0 Å². The van der Waals surface area contributed by atoms with Gasteiger partial charge >= 0.3 is 6.09 Å². The minimum Gasteiger partial charge on any atom is -0.464 e. The van der Waals surface area contributed by atoms with Crippen LogP contribution in [-0.4, -0.2) is 24.6 Å². The lowest BCUT2D eigenvalue weighted by Gasteiger charge is -2.20. The molecule has 3 aromatic rings. The Kier molecular flexibility index (Phi) is 6.06. The molecule has 0 spiro atoms. The molecule has 2 N–H and O–H groups in total. The molecule has 1 unspecified atom stereocenters. The fourth-order valence-corrected chi connectivity index (χ4v) is 4.81. The fourth-order valence-electron chi connectivity index (χ4n) is 2.62. The molecule has 152 valence electrons. The molecule has 0 aliphatic heterocycles. The minimum atomic E-state index is -4.78. The first-order valence-electron chi connectivity index (χ1n) is 8.18. The number of sulfonamides is 1. The van der Waals surface area contributed by atoms with Gasteiger partial charge in [0.05, 0.1) is 16.2 Å². The summed E-state index contributed by atoms with van der Waals surface area (Å²) in [6.07, 6.45) is -1.81. The summed E-state index contributed by atoms with van der Waals surface area (Å²) in [6.45, 7) is 1.84. The maximum Gasteiger partial charge on any atom is 0.427 e. The number of amides is 1. The number of aromatic nitrogens is 1. The van der Waals surface area contributed by atoms with Crippen molar-refractivity contribution in [2.75, 3.05) is 9.62 Å². The molecular formula is C18H15ClFN3O4S2. The summed E-state index contributed by atoms with van der Waals surface area (Å²) in [5.74, 6) is -1.49. The molecule has 1 heterocycles. The number of benzene rings is 2. The van der Waals surface area contributed by atoms with Crippen molar-refractivity contribution in [3.05, 3.63) is 69.8 Å². The molecule has 11 heteroatoms. The molecule has 3 rings (SSSR count). The van der Waals surface area contributed by atoms with E-state index in [1.165, 1.54) is 10.9 Å². The molecule has 2 aromatic carbocycles. The Morgan fingerprint density at radius 2 is 2.00 bits per heavy atom. The highest BCUT2D eigenvalue weighted by Crippen LogP contribution is 2.33. The second-order valence-corrected chi connectivity index (χ2v) is 8.82. The Morgan fingerprint density at radius 3 is 2.59 bits per heavy atom. The summed E-state index contributed by atoms with van der Waals surface area (Å²) in [4.78, 5) is 14.4. The normalized spacial score (nSPS) is 12.4. The van der Waals surface area contributed by atoms with Crippen molar-refractivity contribution in [1.29, 1.82) is 0 Å². The average Bonchev–Trinajstić information content (AvgIpc) is 3.18. The van der Waals surface area contributed by atoms with E-state index in [0.717, 1.165) is 29.0 Å². The largest absolute Gasteiger partial charge is 0.464 e. The van der Waals surface area contributed by atoms with Crippen molar-refractivity contribution in [1.82, 2.24) is 4.98 Å². The van der Waals surface area contributed by atoms with E-state index in [1.807, 2.05) is 37.3 Å². The van der Waals surface area contributed by atoms with Gasteiger partial charge in [0.2, 0.25) is 0 Å². The van der Waals surface area contributed by atoms with E-state index < -0.39 is 26.8 Å². The van der Waals surface area contributed by atoms with Gasteiger partial charge in [-0.05, 0) is 24.6 Å². The summed E-state index contributed by atoms with van der Waals surface area (Å²) in [5.41, 5.74) is 2.36. The minimum absolute atomic E-state index is 0.0118. The van der Waals surface area contributed by atoms with Crippen LogP contribution in [0.3, 0.4) is 0 Å². The van der Waals surface area contributed by atoms with Crippen LogP contribution in [0.15, 0.2) is 58.3 Å². The van der Waals surface area contributed by atoms with Crippen LogP contribution in [0.5, 0.6) is 0 Å². The fraction of sp³-hybridized carbons (Fsp3) is 0.111. The zero-order valence-corrected chi connectivity index (χ0v) is 17.3. The van der Waals surface area contributed by atoms with E-state index in [0.29, 0.717) is 0 Å². The number of carboxylic acid groups (broad SMARTS) is 1. The molecule has 1 atom stereocenters. The second-order valence-electron chi connectivity index (χ2n) is 5.94. The first kappa shape index (κ1) is 21.0. The Balaban J connectivity index is 1.97. The van der Waals surface area contributed by atoms with E-state index in [9.17, 15) is 22.7 Å². The molecule has 0 aliphatic carbocycles. The van der Waals surface area contributed by atoms with Crippen LogP contribution in [0.25, 0.3) is 0 Å². The molecule has 0 fully saturated rings. The van der Waals surface area contributed by atoms with Crippen LogP contribution in [-0.2, 0) is 10.0 Å². The van der Waals surface area contributed by atoms with Gasteiger partial charge < -0.3 is 10.4 Å². The Labute approximate surface area is 175 Å². The highest BCUT2D eigenvalue weighted by molar-refractivity contribution is 7.93. The quantitative estimate of drug-likeness (QED) is 0.543. The van der Waals surface area contributed by atoms with E-state index in [4.69, 9.17) is 11.6 Å². The third kappa shape index (κ3) is 4.34. The first-order chi connectivity index (χ1) is 13.7. The van der Waals surface area contributed by atoms with E-state index >= 15 is 0 Å². The summed E-state index contributed by atoms with van der Waals surface area (Å²) in [6, 6.07) is 10.9. The SMILES string of the molecule is CC(Nc1cc(F)c(S(=O)(=O)N(C(=O)O)c2cscn2)cc1Cl)c1ccccc1. The first-order valence-corrected chi connectivity index (χ1v) is 10.9. The third-order valence-electron chi connectivity index (χ3n) is 4.01. The maximum absolute atomic E-state index is 14.7. The van der Waals surface area contributed by atoms with E-state index in [2.05, 4.69) is 10.3 Å². The zero-order chi connectivity index (χ0) is 21.2. The number of hydrogen-bond donors (Lipinski definition) is 2. The summed E-state index contributed by atoms with van der Waals surface area (Å²) in [7, 11) is -4.78. The van der Waals surface area contributed by atoms with Crippen molar-refractivity contribution in [3.63, 3.8) is 0 Å². The lowest BCUT2D eigenvalue weighted by molar-refractivity contribution is 0.206. The highest BCUT2D eigenvalue weighted by atomic mass is 35.5. The van der Waals surface area contributed by atoms with E-state index in [-0.39, 0.29) is 26.9 Å². The molecule has 7 nitrogen and oxygen atoms in total. The number of anilines is 2. The van der Waals surface area contributed by atoms with Crippen LogP contribution in [0, 0.1) is 5.82 Å². The van der Waals surface area contributed by atoms with Gasteiger partial charge in [-0.15, -0.1) is 15.6 Å². The second kappa shape index (κ2) is 8.36. The molecule has 0 saturated heterocycles. The summed E-state index contributed by atoms with van der Waals surface area (Å²) in [5, 5.41) is 13.5. The molecule has 1 amide bonds. The van der Waals surface area contributed by atoms with Gasteiger partial charge in [0.15, 0.2) is 5.82 Å². The molecule has 29 heavy (non-hydrogen) atoms. The molecule has 0 saturated carbocycles. The number of nitrogens with zero attached hydrogens (tertiary/aromatic N) is 2. The molecule has 0 aliphatic rings. The van der Waals surface area contributed by atoms with Crippen molar-refractivity contribution in [2.45, 2.75) is 17.9 Å². The Hall–Kier alpha value is -2.69. The molecule has 0 radical (unpaired) electrons. The van der Waals surface area contributed by atoms with Crippen LogP contribution >= 0.6 is 22.9 Å². The number of nitrogens with one attached hydrogen (secondary N) is 1. The molecular weight excluding hydrogens is 441 g/mol. The van der Waals surface area contributed by atoms with Crippen LogP contribution in [0.1, 0.15) is 18.5 Å². The zero-order valence-electron chi connectivity index (χ0n) is 14.9. The van der Waals surface area contributed by atoms with Gasteiger partial charge in [-0.2, -0.15) is 0 Å². The van der Waals surface area contributed by atoms with Crippen LogP contribution in [0.4, 0.5) is 20.7 Å². The molecule has 0 bridgehead atoms. The van der Waals surface area contributed by atoms with Crippen molar-refractivity contribution in [2.24, 2.45) is 0 Å². The van der Waals surface area contributed by atoms with Gasteiger partial charge in [-0.3, -0.25) is 0 Å². The number of halogens is 2. The Morgan fingerprint density at radius 1 is 1.31 bits per heavy atom. The van der Waals surface area contributed by atoms with Gasteiger partial charge in [0.1, 0.15) is 10.7 Å². The number of rotatable bonds is 6. The number of thiazole rings is 1. The van der Waals surface area contributed by atoms with Gasteiger partial charge in [0.25, 0.3) is 10.0 Å². The standard InChI is InChI=1S/C18H15ClFN3O4S2/c1-11(12-5-3-2-4-6-12)22-15-8-14(20)16(7-13(15)19)29(26,27)23(18(24)25)17-9-28-10-21-17/h2-11,22H,1H3,(H,24,25). The van der Waals surface area contributed by atoms with Crippen molar-refractivity contribution < 1.29 is 22.7 Å². The lowest BCUT2D eigenvalue weighted by Crippen LogP contribution is -2.36. The van der Waals surface area contributed by atoms with Crippen molar-refractivity contribution >= 4 is 50.6 Å². The van der Waals surface area contributed by atoms with Gasteiger partial charge in [0, 0.05) is 11.4 Å². The highest BCUT2D eigenvalue weighted by Gasteiger charge is 2.35. The summed E-state index contributed by atoms with van der Waals surface area (Å²) < 4.78 is 40.3. The number of carbonyl (C=O) groups is 1. The van der Waals surface area contributed by atoms with Gasteiger partial charge in [-0.25, -0.2) is 22.6 Å². The molecule has 1 aromatic heterocycles. The van der Waals surface area contributed by atoms with Crippen LogP contribution < -0.4 is 9.62 Å². The predicted molar refractivity (Wildman–Crippen MR) is 110 cm³/mol. The monoisotopic (exact) mass is 455 g/mol. The third-order valence-corrected chi connectivity index (χ3v) is 6.59. The smallest absolute Gasteiger partial charge is 0.427 e. The van der Waals surface area contributed by atoms with Crippen LogP contribution in [0.2, 0.25) is 5.02 Å². The topological polar surface area (TPSA) is 99.6 Å².